The third kappa shape index (κ3) is 2.56. The molecule has 0 saturated heterocycles. The van der Waals surface area contributed by atoms with Gasteiger partial charge in [0.1, 0.15) is 5.75 Å². The number of fused-ring (bicyclic) bond motifs is 1. The van der Waals surface area contributed by atoms with Crippen LogP contribution >= 0.6 is 11.3 Å². The Kier molecular flexibility index (Phi) is 3.48. The Bertz CT molecular complexity index is 796. The Balaban J connectivity index is 2.06. The Morgan fingerprint density at radius 3 is 2.70 bits per heavy atom. The van der Waals surface area contributed by atoms with Gasteiger partial charge >= 0.3 is 4.87 Å². The minimum atomic E-state index is 0.0477. The van der Waals surface area contributed by atoms with E-state index in [1.165, 1.54) is 11.3 Å². The number of methoxy groups -OCH3 is 1. The second-order valence-electron chi connectivity index (χ2n) is 4.51. The van der Waals surface area contributed by atoms with Crippen molar-refractivity contribution in [3.05, 3.63) is 70.0 Å². The summed E-state index contributed by atoms with van der Waals surface area (Å²) >= 11 is 1.26. The van der Waals surface area contributed by atoms with Crippen molar-refractivity contribution >= 4 is 21.4 Å². The van der Waals surface area contributed by atoms with Crippen molar-refractivity contribution in [2.24, 2.45) is 0 Å². The Labute approximate surface area is 120 Å². The molecule has 0 fully saturated rings. The molecule has 0 saturated carbocycles. The van der Waals surface area contributed by atoms with E-state index in [0.29, 0.717) is 6.54 Å². The second-order valence-corrected chi connectivity index (χ2v) is 5.51. The van der Waals surface area contributed by atoms with Gasteiger partial charge in [-0.1, -0.05) is 30.3 Å². The molecule has 0 atom stereocenters. The molecule has 100 valence electrons. The fraction of sp³-hybridized carbons (Fsp3) is 0.125. The van der Waals surface area contributed by atoms with E-state index >= 15 is 0 Å². The highest BCUT2D eigenvalue weighted by atomic mass is 32.1. The van der Waals surface area contributed by atoms with Gasteiger partial charge in [0.15, 0.2) is 12.7 Å². The number of aromatic nitrogens is 1. The lowest BCUT2D eigenvalue weighted by molar-refractivity contribution is -0.697. The standard InChI is InChI=1S/C16H14NO2S/c1-19-14-7-8-15-13(9-14)11-17(16(18)20-15)10-12-5-3-2-4-6-12/h2-9,11H,10H2,1H3/q+1. The minimum Gasteiger partial charge on any atom is -0.497 e. The van der Waals surface area contributed by atoms with E-state index in [4.69, 9.17) is 4.74 Å². The predicted octanol–water partition coefficient (Wildman–Crippen LogP) is 2.61. The summed E-state index contributed by atoms with van der Waals surface area (Å²) in [6.07, 6.45) is 1.89. The molecule has 4 heteroatoms. The van der Waals surface area contributed by atoms with E-state index in [9.17, 15) is 4.79 Å². The number of rotatable bonds is 3. The van der Waals surface area contributed by atoms with Crippen LogP contribution in [0.2, 0.25) is 0 Å². The summed E-state index contributed by atoms with van der Waals surface area (Å²) in [6, 6.07) is 15.7. The molecule has 0 bridgehead atoms. The lowest BCUT2D eigenvalue weighted by atomic mass is 10.2. The molecular weight excluding hydrogens is 270 g/mol. The van der Waals surface area contributed by atoms with Gasteiger partial charge in [-0.25, -0.2) is 4.79 Å². The van der Waals surface area contributed by atoms with E-state index in [1.54, 1.807) is 11.7 Å². The van der Waals surface area contributed by atoms with E-state index in [0.717, 1.165) is 21.4 Å². The summed E-state index contributed by atoms with van der Waals surface area (Å²) in [5.41, 5.74) is 1.11. The van der Waals surface area contributed by atoms with Gasteiger partial charge in [0.05, 0.1) is 17.2 Å². The average molecular weight is 284 g/mol. The van der Waals surface area contributed by atoms with Crippen LogP contribution in [-0.2, 0) is 6.54 Å². The summed E-state index contributed by atoms with van der Waals surface area (Å²) in [6.45, 7) is 0.587. The van der Waals surface area contributed by atoms with Crippen LogP contribution in [0.5, 0.6) is 5.75 Å². The molecule has 3 rings (SSSR count). The van der Waals surface area contributed by atoms with Crippen molar-refractivity contribution in [3.8, 4) is 5.75 Å². The van der Waals surface area contributed by atoms with Gasteiger partial charge in [0, 0.05) is 5.56 Å². The zero-order valence-electron chi connectivity index (χ0n) is 11.1. The Hall–Kier alpha value is -2.20. The third-order valence-electron chi connectivity index (χ3n) is 3.14. The first kappa shape index (κ1) is 12.8. The van der Waals surface area contributed by atoms with Crippen molar-refractivity contribution in [2.45, 2.75) is 6.54 Å². The summed E-state index contributed by atoms with van der Waals surface area (Å²) < 4.78 is 7.94. The van der Waals surface area contributed by atoms with Crippen molar-refractivity contribution in [2.75, 3.05) is 7.11 Å². The number of hydrogen-bond acceptors (Lipinski definition) is 3. The number of benzene rings is 2. The van der Waals surface area contributed by atoms with Gasteiger partial charge < -0.3 is 4.74 Å². The molecule has 0 aliphatic rings. The van der Waals surface area contributed by atoms with E-state index in [-0.39, 0.29) is 4.87 Å². The molecule has 20 heavy (non-hydrogen) atoms. The Morgan fingerprint density at radius 2 is 1.95 bits per heavy atom. The quantitative estimate of drug-likeness (QED) is 0.692. The maximum atomic E-state index is 12.1. The highest BCUT2D eigenvalue weighted by Crippen LogP contribution is 2.20. The van der Waals surface area contributed by atoms with Gasteiger partial charge in [0.2, 0.25) is 0 Å². The topological polar surface area (TPSA) is 30.2 Å². The molecule has 0 spiro atoms. The fourth-order valence-corrected chi connectivity index (χ4v) is 2.90. The smallest absolute Gasteiger partial charge is 0.473 e. The van der Waals surface area contributed by atoms with Gasteiger partial charge in [-0.05, 0) is 29.5 Å². The highest BCUT2D eigenvalue weighted by Gasteiger charge is 2.11. The third-order valence-corrected chi connectivity index (χ3v) is 4.14. The second kappa shape index (κ2) is 5.43. The fourth-order valence-electron chi connectivity index (χ4n) is 2.11. The molecule has 0 aliphatic heterocycles. The Morgan fingerprint density at radius 1 is 1.15 bits per heavy atom. The average Bonchev–Trinajstić information content (AvgIpc) is 2.48. The van der Waals surface area contributed by atoms with Crippen LogP contribution in [0.1, 0.15) is 5.56 Å². The van der Waals surface area contributed by atoms with Gasteiger partial charge in [-0.15, -0.1) is 4.57 Å². The molecule has 2 aromatic carbocycles. The summed E-state index contributed by atoms with van der Waals surface area (Å²) in [7, 11) is 1.64. The van der Waals surface area contributed by atoms with Crippen LogP contribution in [0.25, 0.3) is 10.1 Å². The van der Waals surface area contributed by atoms with Crippen LogP contribution in [0.3, 0.4) is 0 Å². The zero-order valence-corrected chi connectivity index (χ0v) is 11.9. The first-order valence-corrected chi connectivity index (χ1v) is 7.13. The van der Waals surface area contributed by atoms with Crippen LogP contribution in [-0.4, -0.2) is 7.11 Å². The van der Waals surface area contributed by atoms with Crippen LogP contribution in [0.4, 0.5) is 0 Å². The van der Waals surface area contributed by atoms with E-state index < -0.39 is 0 Å². The number of hydrogen-bond donors (Lipinski definition) is 0. The maximum Gasteiger partial charge on any atom is 0.473 e. The largest absolute Gasteiger partial charge is 0.497 e. The summed E-state index contributed by atoms with van der Waals surface area (Å²) in [5.74, 6) is 0.801. The molecule has 3 aromatic rings. The molecule has 0 unspecified atom stereocenters. The van der Waals surface area contributed by atoms with Crippen LogP contribution in [0.15, 0.2) is 59.5 Å². The summed E-state index contributed by atoms with van der Waals surface area (Å²) in [5, 5.41) is 1.02. The minimum absolute atomic E-state index is 0.0477. The monoisotopic (exact) mass is 284 g/mol. The molecule has 1 heterocycles. The molecule has 0 radical (unpaired) electrons. The molecule has 0 N–H and O–H groups in total. The van der Waals surface area contributed by atoms with Gasteiger partial charge in [-0.2, -0.15) is 0 Å². The van der Waals surface area contributed by atoms with Gasteiger partial charge in [0.25, 0.3) is 0 Å². The number of ether oxygens (including phenoxy) is 1. The first-order valence-electron chi connectivity index (χ1n) is 6.31. The highest BCUT2D eigenvalue weighted by molar-refractivity contribution is 7.15. The van der Waals surface area contributed by atoms with Crippen molar-refractivity contribution < 1.29 is 9.30 Å². The van der Waals surface area contributed by atoms with E-state index in [2.05, 4.69) is 0 Å². The molecule has 1 aromatic heterocycles. The first-order chi connectivity index (χ1) is 9.76. The van der Waals surface area contributed by atoms with Crippen molar-refractivity contribution in [1.82, 2.24) is 0 Å². The predicted molar refractivity (Wildman–Crippen MR) is 80.4 cm³/mol. The molecule has 0 amide bonds. The maximum absolute atomic E-state index is 12.1. The zero-order chi connectivity index (χ0) is 13.9. The lowest BCUT2D eigenvalue weighted by Gasteiger charge is -2.01. The molecule has 3 nitrogen and oxygen atoms in total. The van der Waals surface area contributed by atoms with E-state index in [1.807, 2.05) is 54.7 Å². The molecule has 0 aliphatic carbocycles. The summed E-state index contributed by atoms with van der Waals surface area (Å²) in [4.78, 5) is 12.2. The van der Waals surface area contributed by atoms with Gasteiger partial charge in [-0.3, -0.25) is 0 Å². The molecular formula is C16H14NO2S+. The van der Waals surface area contributed by atoms with Crippen molar-refractivity contribution in [1.29, 1.82) is 0 Å². The van der Waals surface area contributed by atoms with Crippen LogP contribution in [0, 0.1) is 0 Å². The lowest BCUT2D eigenvalue weighted by Crippen LogP contribution is -2.48. The number of nitrogens with zero attached hydrogens (tertiary/aromatic N) is 1. The van der Waals surface area contributed by atoms with Crippen LogP contribution < -0.4 is 14.2 Å². The SMILES string of the molecule is COc1ccc2sc(=O)[n+](Cc3ccccc3)cc2c1. The normalized spacial score (nSPS) is 10.7. The van der Waals surface area contributed by atoms with Crippen molar-refractivity contribution in [3.63, 3.8) is 0 Å².